The molecule has 6 nitrogen and oxygen atoms in total. The molecule has 1 amide bonds. The monoisotopic (exact) mass is 311 g/mol. The summed E-state index contributed by atoms with van der Waals surface area (Å²) in [7, 11) is 0. The van der Waals surface area contributed by atoms with Crippen molar-refractivity contribution in [3.8, 4) is 0 Å². The van der Waals surface area contributed by atoms with Gasteiger partial charge in [-0.25, -0.2) is 9.78 Å². The van der Waals surface area contributed by atoms with Gasteiger partial charge in [-0.3, -0.25) is 0 Å². The van der Waals surface area contributed by atoms with Crippen molar-refractivity contribution in [2.24, 2.45) is 0 Å². The minimum atomic E-state index is -0.459. The van der Waals surface area contributed by atoms with E-state index in [0.717, 1.165) is 18.6 Å². The standard InChI is InChI=1S/C16H29N3O3/c1-12-10-18-13(21-12)11-19-16(5,6)8-7-9-17-14(20)22-15(2,3)4/h10,19H,7-9,11H2,1-6H3,(H,17,20). The van der Waals surface area contributed by atoms with Crippen molar-refractivity contribution in [3.05, 3.63) is 17.8 Å². The van der Waals surface area contributed by atoms with E-state index in [9.17, 15) is 4.79 Å². The molecule has 22 heavy (non-hydrogen) atoms. The number of carbonyl (C=O) groups is 1. The minimum Gasteiger partial charge on any atom is -0.445 e. The van der Waals surface area contributed by atoms with Gasteiger partial charge in [-0.15, -0.1) is 0 Å². The molecule has 0 unspecified atom stereocenters. The van der Waals surface area contributed by atoms with E-state index < -0.39 is 5.60 Å². The topological polar surface area (TPSA) is 76.4 Å². The summed E-state index contributed by atoms with van der Waals surface area (Å²) in [4.78, 5) is 15.7. The molecule has 0 atom stereocenters. The molecule has 1 aromatic heterocycles. The van der Waals surface area contributed by atoms with Gasteiger partial charge in [-0.05, 0) is 54.4 Å². The van der Waals surface area contributed by atoms with E-state index in [4.69, 9.17) is 9.15 Å². The van der Waals surface area contributed by atoms with Crippen molar-refractivity contribution >= 4 is 6.09 Å². The van der Waals surface area contributed by atoms with Crippen LogP contribution < -0.4 is 10.6 Å². The Balaban J connectivity index is 2.21. The first kappa shape index (κ1) is 18.5. The number of hydrogen-bond acceptors (Lipinski definition) is 5. The van der Waals surface area contributed by atoms with Crippen molar-refractivity contribution in [2.45, 2.75) is 72.1 Å². The number of nitrogens with one attached hydrogen (secondary N) is 2. The molecule has 1 heterocycles. The van der Waals surface area contributed by atoms with E-state index in [1.807, 2.05) is 27.7 Å². The van der Waals surface area contributed by atoms with Crippen LogP contribution in [0.15, 0.2) is 10.6 Å². The van der Waals surface area contributed by atoms with Crippen LogP contribution in [-0.4, -0.2) is 28.8 Å². The molecule has 6 heteroatoms. The molecule has 126 valence electrons. The SMILES string of the molecule is Cc1cnc(CNC(C)(C)CCCNC(=O)OC(C)(C)C)o1. The first-order chi connectivity index (χ1) is 10.1. The number of rotatable bonds is 7. The van der Waals surface area contributed by atoms with Gasteiger partial charge in [0.2, 0.25) is 5.89 Å². The van der Waals surface area contributed by atoms with Crippen LogP contribution in [0.25, 0.3) is 0 Å². The van der Waals surface area contributed by atoms with Gasteiger partial charge in [0, 0.05) is 12.1 Å². The molecular formula is C16H29N3O3. The van der Waals surface area contributed by atoms with Gasteiger partial charge in [0.05, 0.1) is 12.7 Å². The first-order valence-electron chi connectivity index (χ1n) is 7.71. The minimum absolute atomic E-state index is 0.0576. The summed E-state index contributed by atoms with van der Waals surface area (Å²) in [6, 6.07) is 0. The molecule has 0 fully saturated rings. The zero-order valence-electron chi connectivity index (χ0n) is 14.6. The maximum Gasteiger partial charge on any atom is 0.407 e. The fourth-order valence-corrected chi connectivity index (χ4v) is 1.92. The number of aromatic nitrogens is 1. The average Bonchev–Trinajstić information content (AvgIpc) is 2.76. The van der Waals surface area contributed by atoms with Gasteiger partial charge in [0.15, 0.2) is 0 Å². The number of carbonyl (C=O) groups excluding carboxylic acids is 1. The normalized spacial score (nSPS) is 12.3. The van der Waals surface area contributed by atoms with Crippen molar-refractivity contribution in [3.63, 3.8) is 0 Å². The van der Waals surface area contributed by atoms with Crippen molar-refractivity contribution in [1.82, 2.24) is 15.6 Å². The third-order valence-electron chi connectivity index (χ3n) is 3.03. The lowest BCUT2D eigenvalue weighted by Crippen LogP contribution is -2.40. The van der Waals surface area contributed by atoms with Gasteiger partial charge in [-0.2, -0.15) is 0 Å². The Bertz CT molecular complexity index is 475. The second-order valence-corrected chi connectivity index (χ2v) is 7.13. The zero-order chi connectivity index (χ0) is 16.8. The second-order valence-electron chi connectivity index (χ2n) is 7.13. The Morgan fingerprint density at radius 3 is 2.55 bits per heavy atom. The van der Waals surface area contributed by atoms with E-state index in [1.54, 1.807) is 6.20 Å². The quantitative estimate of drug-likeness (QED) is 0.756. The van der Waals surface area contributed by atoms with Gasteiger partial charge >= 0.3 is 6.09 Å². The molecule has 0 saturated heterocycles. The van der Waals surface area contributed by atoms with E-state index >= 15 is 0 Å². The molecule has 0 saturated carbocycles. The molecule has 0 radical (unpaired) electrons. The third kappa shape index (κ3) is 8.02. The Hall–Kier alpha value is -1.56. The number of nitrogens with zero attached hydrogens (tertiary/aromatic N) is 1. The molecular weight excluding hydrogens is 282 g/mol. The number of ether oxygens (including phenoxy) is 1. The highest BCUT2D eigenvalue weighted by Crippen LogP contribution is 2.13. The maximum absolute atomic E-state index is 11.5. The largest absolute Gasteiger partial charge is 0.445 e. The molecule has 0 aliphatic heterocycles. The van der Waals surface area contributed by atoms with Crippen LogP contribution in [0, 0.1) is 6.92 Å². The second kappa shape index (κ2) is 7.63. The van der Waals surface area contributed by atoms with Crippen LogP contribution >= 0.6 is 0 Å². The Morgan fingerprint density at radius 1 is 1.32 bits per heavy atom. The lowest BCUT2D eigenvalue weighted by atomic mass is 9.98. The highest BCUT2D eigenvalue weighted by atomic mass is 16.6. The van der Waals surface area contributed by atoms with E-state index in [2.05, 4.69) is 29.5 Å². The number of amides is 1. The summed E-state index contributed by atoms with van der Waals surface area (Å²) >= 11 is 0. The molecule has 2 N–H and O–H groups in total. The van der Waals surface area contributed by atoms with Crippen molar-refractivity contribution < 1.29 is 13.9 Å². The molecule has 0 aromatic carbocycles. The van der Waals surface area contributed by atoms with Gasteiger partial charge in [-0.1, -0.05) is 0 Å². The predicted molar refractivity (Wildman–Crippen MR) is 85.6 cm³/mol. The summed E-state index contributed by atoms with van der Waals surface area (Å²) in [5, 5.41) is 6.18. The molecule has 1 rings (SSSR count). The molecule has 0 aliphatic carbocycles. The van der Waals surface area contributed by atoms with Gasteiger partial charge < -0.3 is 19.8 Å². The molecule has 0 spiro atoms. The number of alkyl carbamates (subject to hydrolysis) is 1. The summed E-state index contributed by atoms with van der Waals surface area (Å²) in [5.41, 5.74) is -0.517. The Morgan fingerprint density at radius 2 is 2.00 bits per heavy atom. The molecule has 0 aliphatic rings. The van der Waals surface area contributed by atoms with Gasteiger partial charge in [0.25, 0.3) is 0 Å². The van der Waals surface area contributed by atoms with Crippen LogP contribution in [0.4, 0.5) is 4.79 Å². The fraction of sp³-hybridized carbons (Fsp3) is 0.750. The van der Waals surface area contributed by atoms with Gasteiger partial charge in [0.1, 0.15) is 11.4 Å². The van der Waals surface area contributed by atoms with Crippen LogP contribution in [0.1, 0.15) is 59.1 Å². The Labute approximate surface area is 133 Å². The van der Waals surface area contributed by atoms with Crippen LogP contribution in [0.3, 0.4) is 0 Å². The molecule has 1 aromatic rings. The lowest BCUT2D eigenvalue weighted by Gasteiger charge is -2.26. The lowest BCUT2D eigenvalue weighted by molar-refractivity contribution is 0.0526. The summed E-state index contributed by atoms with van der Waals surface area (Å²) < 4.78 is 10.6. The van der Waals surface area contributed by atoms with Crippen LogP contribution in [0.5, 0.6) is 0 Å². The van der Waals surface area contributed by atoms with Crippen LogP contribution in [-0.2, 0) is 11.3 Å². The van der Waals surface area contributed by atoms with E-state index in [-0.39, 0.29) is 11.6 Å². The summed E-state index contributed by atoms with van der Waals surface area (Å²) in [5.74, 6) is 1.51. The predicted octanol–water partition coefficient (Wildman–Crippen LogP) is 3.16. The smallest absolute Gasteiger partial charge is 0.407 e. The third-order valence-corrected chi connectivity index (χ3v) is 3.03. The summed E-state index contributed by atoms with van der Waals surface area (Å²) in [6.45, 7) is 12.9. The van der Waals surface area contributed by atoms with Crippen LogP contribution in [0.2, 0.25) is 0 Å². The number of hydrogen-bond donors (Lipinski definition) is 2. The first-order valence-corrected chi connectivity index (χ1v) is 7.71. The highest BCUT2D eigenvalue weighted by molar-refractivity contribution is 5.67. The fourth-order valence-electron chi connectivity index (χ4n) is 1.92. The molecule has 0 bridgehead atoms. The van der Waals surface area contributed by atoms with Crippen molar-refractivity contribution in [2.75, 3.05) is 6.54 Å². The highest BCUT2D eigenvalue weighted by Gasteiger charge is 2.19. The van der Waals surface area contributed by atoms with Crippen molar-refractivity contribution in [1.29, 1.82) is 0 Å². The number of oxazole rings is 1. The maximum atomic E-state index is 11.5. The van der Waals surface area contributed by atoms with E-state index in [1.165, 1.54) is 0 Å². The zero-order valence-corrected chi connectivity index (χ0v) is 14.6. The summed E-state index contributed by atoms with van der Waals surface area (Å²) in [6.07, 6.45) is 3.13. The van der Waals surface area contributed by atoms with E-state index in [0.29, 0.717) is 19.0 Å². The Kier molecular flexibility index (Phi) is 6.41. The average molecular weight is 311 g/mol. The number of aryl methyl sites for hydroxylation is 1.